The van der Waals surface area contributed by atoms with E-state index in [-0.39, 0.29) is 18.4 Å². The summed E-state index contributed by atoms with van der Waals surface area (Å²) in [6.07, 6.45) is 0. The van der Waals surface area contributed by atoms with Crippen molar-refractivity contribution in [1.82, 2.24) is 10.2 Å². The van der Waals surface area contributed by atoms with Gasteiger partial charge in [0.25, 0.3) is 11.8 Å². The molecule has 0 atom stereocenters. The molecule has 21 heavy (non-hydrogen) atoms. The molecular weight excluding hydrogens is 290 g/mol. The van der Waals surface area contributed by atoms with Crippen LogP contribution < -0.4 is 10.6 Å². The minimum atomic E-state index is -0.242. The molecule has 6 nitrogen and oxygen atoms in total. The zero-order valence-corrected chi connectivity index (χ0v) is 13.4. The predicted octanol–water partition coefficient (Wildman–Crippen LogP) is 0.995. The highest BCUT2D eigenvalue weighted by Gasteiger charge is 2.26. The number of anilines is 1. The molecule has 0 spiro atoms. The number of hydrogen-bond donors (Lipinski definition) is 2. The summed E-state index contributed by atoms with van der Waals surface area (Å²) in [5.74, 6) is -0.251. The molecular formula is C14H21N3O3S. The maximum Gasteiger partial charge on any atom is 0.257 e. The van der Waals surface area contributed by atoms with Crippen LogP contribution in [0.3, 0.4) is 0 Å². The number of nitrogens with one attached hydrogen (secondary N) is 2. The van der Waals surface area contributed by atoms with Crippen LogP contribution in [0, 0.1) is 13.8 Å². The van der Waals surface area contributed by atoms with Gasteiger partial charge in [-0.25, -0.2) is 0 Å². The fraction of sp³-hybridized carbons (Fsp3) is 0.571. The molecule has 1 aromatic heterocycles. The molecule has 2 N–H and O–H groups in total. The fourth-order valence-electron chi connectivity index (χ4n) is 2.29. The molecule has 116 valence electrons. The van der Waals surface area contributed by atoms with Gasteiger partial charge in [0.15, 0.2) is 0 Å². The van der Waals surface area contributed by atoms with E-state index in [1.165, 1.54) is 18.4 Å². The van der Waals surface area contributed by atoms with Gasteiger partial charge >= 0.3 is 0 Å². The van der Waals surface area contributed by atoms with Gasteiger partial charge in [-0.1, -0.05) is 0 Å². The van der Waals surface area contributed by atoms with E-state index in [4.69, 9.17) is 4.74 Å². The van der Waals surface area contributed by atoms with Crippen LogP contribution in [0.1, 0.15) is 20.8 Å². The standard InChI is InChI=1S/C14H21N3O3S/c1-9-10(2)21-13(16-11(18)8-20-3)12(9)14(19)17-6-4-15-5-7-17/h15H,4-8H2,1-3H3,(H,16,18). The lowest BCUT2D eigenvalue weighted by atomic mass is 10.1. The lowest BCUT2D eigenvalue weighted by molar-refractivity contribution is -0.119. The Morgan fingerprint density at radius 1 is 1.33 bits per heavy atom. The Morgan fingerprint density at radius 3 is 2.62 bits per heavy atom. The van der Waals surface area contributed by atoms with E-state index < -0.39 is 0 Å². The molecule has 2 rings (SSSR count). The van der Waals surface area contributed by atoms with Gasteiger partial charge in [-0.2, -0.15) is 0 Å². The molecule has 2 amide bonds. The minimum Gasteiger partial charge on any atom is -0.375 e. The summed E-state index contributed by atoms with van der Waals surface area (Å²) in [7, 11) is 1.47. The highest BCUT2D eigenvalue weighted by atomic mass is 32.1. The maximum atomic E-state index is 12.7. The first-order chi connectivity index (χ1) is 10.0. The van der Waals surface area contributed by atoms with Gasteiger partial charge in [-0.3, -0.25) is 9.59 Å². The molecule has 1 fully saturated rings. The zero-order valence-electron chi connectivity index (χ0n) is 12.6. The highest BCUT2D eigenvalue weighted by molar-refractivity contribution is 7.16. The number of aryl methyl sites for hydroxylation is 1. The molecule has 0 radical (unpaired) electrons. The van der Waals surface area contributed by atoms with Crippen molar-refractivity contribution < 1.29 is 14.3 Å². The van der Waals surface area contributed by atoms with Crippen molar-refractivity contribution in [3.63, 3.8) is 0 Å². The number of ether oxygens (including phenoxy) is 1. The van der Waals surface area contributed by atoms with Crippen LogP contribution in [0.5, 0.6) is 0 Å². The molecule has 1 aliphatic heterocycles. The molecule has 0 saturated carbocycles. The van der Waals surface area contributed by atoms with Crippen LogP contribution in [0.2, 0.25) is 0 Å². The van der Waals surface area contributed by atoms with Crippen molar-refractivity contribution in [3.05, 3.63) is 16.0 Å². The van der Waals surface area contributed by atoms with E-state index in [0.717, 1.165) is 23.5 Å². The Kier molecular flexibility index (Phi) is 5.33. The van der Waals surface area contributed by atoms with Crippen molar-refractivity contribution in [2.75, 3.05) is 45.2 Å². The van der Waals surface area contributed by atoms with Gasteiger partial charge in [0.1, 0.15) is 11.6 Å². The number of methoxy groups -OCH3 is 1. The largest absolute Gasteiger partial charge is 0.375 e. The third-order valence-electron chi connectivity index (χ3n) is 3.53. The van der Waals surface area contributed by atoms with Gasteiger partial charge in [0.05, 0.1) is 5.56 Å². The molecule has 2 heterocycles. The van der Waals surface area contributed by atoms with Crippen molar-refractivity contribution in [2.45, 2.75) is 13.8 Å². The van der Waals surface area contributed by atoms with E-state index >= 15 is 0 Å². The van der Waals surface area contributed by atoms with Gasteiger partial charge in [-0.15, -0.1) is 11.3 Å². The first kappa shape index (κ1) is 15.9. The van der Waals surface area contributed by atoms with E-state index in [9.17, 15) is 9.59 Å². The summed E-state index contributed by atoms with van der Waals surface area (Å²) >= 11 is 1.44. The van der Waals surface area contributed by atoms with Crippen molar-refractivity contribution in [2.24, 2.45) is 0 Å². The van der Waals surface area contributed by atoms with Crippen LogP contribution in [0.15, 0.2) is 0 Å². The Morgan fingerprint density at radius 2 is 2.00 bits per heavy atom. The number of amides is 2. The average Bonchev–Trinajstić information content (AvgIpc) is 2.74. The number of rotatable bonds is 4. The molecule has 1 aromatic rings. The minimum absolute atomic E-state index is 0.00827. The summed E-state index contributed by atoms with van der Waals surface area (Å²) in [6, 6.07) is 0. The summed E-state index contributed by atoms with van der Waals surface area (Å²) < 4.78 is 4.82. The number of piperazine rings is 1. The van der Waals surface area contributed by atoms with Crippen LogP contribution in [-0.4, -0.2) is 56.6 Å². The maximum absolute atomic E-state index is 12.7. The molecule has 0 bridgehead atoms. The van der Waals surface area contributed by atoms with Crippen molar-refractivity contribution in [1.29, 1.82) is 0 Å². The third kappa shape index (κ3) is 3.61. The summed E-state index contributed by atoms with van der Waals surface area (Å²) in [4.78, 5) is 27.3. The molecule has 1 saturated heterocycles. The molecule has 7 heteroatoms. The molecule has 1 aliphatic rings. The van der Waals surface area contributed by atoms with Crippen LogP contribution in [-0.2, 0) is 9.53 Å². The second-order valence-electron chi connectivity index (χ2n) is 5.01. The quantitative estimate of drug-likeness (QED) is 0.870. The summed E-state index contributed by atoms with van der Waals surface area (Å²) in [5, 5.41) is 6.63. The average molecular weight is 311 g/mol. The monoisotopic (exact) mass is 311 g/mol. The molecule has 0 aliphatic carbocycles. The lowest BCUT2D eigenvalue weighted by Gasteiger charge is -2.27. The molecule has 0 unspecified atom stereocenters. The normalized spacial score (nSPS) is 15.1. The van der Waals surface area contributed by atoms with Crippen LogP contribution in [0.4, 0.5) is 5.00 Å². The van der Waals surface area contributed by atoms with E-state index in [1.807, 2.05) is 18.7 Å². The Labute approximate surface area is 128 Å². The zero-order chi connectivity index (χ0) is 15.4. The Balaban J connectivity index is 2.24. The van der Waals surface area contributed by atoms with Gasteiger partial charge in [-0.05, 0) is 19.4 Å². The van der Waals surface area contributed by atoms with Gasteiger partial charge in [0.2, 0.25) is 0 Å². The first-order valence-corrected chi connectivity index (χ1v) is 7.75. The van der Waals surface area contributed by atoms with Crippen molar-refractivity contribution >= 4 is 28.2 Å². The van der Waals surface area contributed by atoms with Gasteiger partial charge in [0, 0.05) is 38.2 Å². The van der Waals surface area contributed by atoms with Crippen LogP contribution in [0.25, 0.3) is 0 Å². The third-order valence-corrected chi connectivity index (χ3v) is 4.65. The van der Waals surface area contributed by atoms with Gasteiger partial charge < -0.3 is 20.3 Å². The number of carbonyl (C=O) groups is 2. The van der Waals surface area contributed by atoms with Crippen LogP contribution >= 0.6 is 11.3 Å². The highest BCUT2D eigenvalue weighted by Crippen LogP contribution is 2.33. The fourth-order valence-corrected chi connectivity index (χ4v) is 3.36. The smallest absolute Gasteiger partial charge is 0.257 e. The SMILES string of the molecule is COCC(=O)Nc1sc(C)c(C)c1C(=O)N1CCNCC1. The first-order valence-electron chi connectivity index (χ1n) is 6.93. The molecule has 0 aromatic carbocycles. The Bertz CT molecular complexity index is 536. The summed E-state index contributed by atoms with van der Waals surface area (Å²) in [6.45, 7) is 6.86. The Hall–Kier alpha value is -1.44. The number of hydrogen-bond acceptors (Lipinski definition) is 5. The second kappa shape index (κ2) is 7.02. The summed E-state index contributed by atoms with van der Waals surface area (Å²) in [5.41, 5.74) is 1.56. The topological polar surface area (TPSA) is 70.7 Å². The predicted molar refractivity (Wildman–Crippen MR) is 83.1 cm³/mol. The number of carbonyl (C=O) groups excluding carboxylic acids is 2. The number of thiophene rings is 1. The van der Waals surface area contributed by atoms with E-state index in [1.54, 1.807) is 0 Å². The second-order valence-corrected chi connectivity index (χ2v) is 6.24. The van der Waals surface area contributed by atoms with E-state index in [0.29, 0.717) is 23.7 Å². The number of nitrogens with zero attached hydrogens (tertiary/aromatic N) is 1. The van der Waals surface area contributed by atoms with E-state index in [2.05, 4.69) is 10.6 Å². The lowest BCUT2D eigenvalue weighted by Crippen LogP contribution is -2.46. The van der Waals surface area contributed by atoms with Crippen molar-refractivity contribution in [3.8, 4) is 0 Å².